The van der Waals surface area contributed by atoms with E-state index in [4.69, 9.17) is 9.97 Å². The van der Waals surface area contributed by atoms with Crippen LogP contribution in [0, 0.1) is 5.92 Å². The van der Waals surface area contributed by atoms with Crippen LogP contribution in [0.1, 0.15) is 36.6 Å². The van der Waals surface area contributed by atoms with Crippen LogP contribution in [0.2, 0.25) is 0 Å². The minimum Gasteiger partial charge on any atom is -0.340 e. The molecule has 3 heterocycles. The Kier molecular flexibility index (Phi) is 5.86. The van der Waals surface area contributed by atoms with Crippen LogP contribution in [0.3, 0.4) is 0 Å². The number of rotatable bonds is 3. The number of piperidine rings is 1. The molecule has 2 aromatic rings. The molecule has 0 bridgehead atoms. The predicted molar refractivity (Wildman–Crippen MR) is 112 cm³/mol. The Balaban J connectivity index is 1.67. The highest BCUT2D eigenvalue weighted by atomic mass is 19.4. The number of nitrogens with zero attached hydrogens (tertiary/aromatic N) is 4. The number of likely N-dealkylation sites (N-methyl/N-ethyl adjacent to an activating group) is 1. The number of fused-ring (bicyclic) bond motifs is 1. The van der Waals surface area contributed by atoms with Gasteiger partial charge in [0.1, 0.15) is 5.82 Å². The summed E-state index contributed by atoms with van der Waals surface area (Å²) in [5.74, 6) is 2.03. The second-order valence-corrected chi connectivity index (χ2v) is 8.49. The van der Waals surface area contributed by atoms with E-state index < -0.39 is 11.7 Å². The highest BCUT2D eigenvalue weighted by Crippen LogP contribution is 2.32. The Morgan fingerprint density at radius 1 is 1.03 bits per heavy atom. The Labute approximate surface area is 175 Å². The molecule has 1 fully saturated rings. The van der Waals surface area contributed by atoms with Crippen molar-refractivity contribution in [2.45, 2.75) is 38.8 Å². The Bertz CT molecular complexity index is 882. The molecule has 1 unspecified atom stereocenters. The van der Waals surface area contributed by atoms with Crippen molar-refractivity contribution in [1.29, 1.82) is 0 Å². The molecule has 4 rings (SSSR count). The number of alkyl halides is 3. The molecule has 1 saturated heterocycles. The van der Waals surface area contributed by atoms with E-state index >= 15 is 0 Å². The second kappa shape index (κ2) is 8.41. The van der Waals surface area contributed by atoms with Crippen LogP contribution in [-0.4, -0.2) is 48.1 Å². The van der Waals surface area contributed by atoms with Crippen molar-refractivity contribution in [3.8, 4) is 0 Å². The first-order valence-corrected chi connectivity index (χ1v) is 10.6. The zero-order valence-electron chi connectivity index (χ0n) is 17.5. The monoisotopic (exact) mass is 419 g/mol. The molecule has 0 saturated carbocycles. The third-order valence-electron chi connectivity index (χ3n) is 5.97. The number of hydrogen-bond acceptors (Lipinski definition) is 5. The van der Waals surface area contributed by atoms with Crippen molar-refractivity contribution in [1.82, 2.24) is 14.9 Å². The summed E-state index contributed by atoms with van der Waals surface area (Å²) in [5.41, 5.74) is 2.05. The first-order chi connectivity index (χ1) is 14.3. The zero-order chi connectivity index (χ0) is 21.3. The van der Waals surface area contributed by atoms with Gasteiger partial charge in [0.15, 0.2) is 0 Å². The maximum absolute atomic E-state index is 12.9. The number of hydrogen-bond donors (Lipinski definition) is 1. The Morgan fingerprint density at radius 3 is 2.47 bits per heavy atom. The second-order valence-electron chi connectivity index (χ2n) is 8.49. The summed E-state index contributed by atoms with van der Waals surface area (Å²) >= 11 is 0. The molecule has 1 aromatic heterocycles. The summed E-state index contributed by atoms with van der Waals surface area (Å²) < 4.78 is 38.7. The van der Waals surface area contributed by atoms with Crippen LogP contribution < -0.4 is 10.2 Å². The third-order valence-corrected chi connectivity index (χ3v) is 5.97. The van der Waals surface area contributed by atoms with Gasteiger partial charge in [-0.05, 0) is 56.5 Å². The number of anilines is 3. The normalized spacial score (nSPS) is 20.6. The molecule has 0 spiro atoms. The summed E-state index contributed by atoms with van der Waals surface area (Å²) in [6, 6.07) is 5.12. The molecule has 30 heavy (non-hydrogen) atoms. The average molecular weight is 419 g/mol. The first-order valence-electron chi connectivity index (χ1n) is 10.6. The Morgan fingerprint density at radius 2 is 1.77 bits per heavy atom. The summed E-state index contributed by atoms with van der Waals surface area (Å²) in [7, 11) is 2.09. The van der Waals surface area contributed by atoms with Crippen LogP contribution in [-0.2, 0) is 19.0 Å². The van der Waals surface area contributed by atoms with E-state index in [1.807, 2.05) is 0 Å². The van der Waals surface area contributed by atoms with Gasteiger partial charge in [0.2, 0.25) is 5.95 Å². The van der Waals surface area contributed by atoms with Crippen molar-refractivity contribution < 1.29 is 13.2 Å². The fourth-order valence-electron chi connectivity index (χ4n) is 4.19. The number of halogens is 3. The van der Waals surface area contributed by atoms with Gasteiger partial charge in [-0.25, -0.2) is 4.98 Å². The number of aromatic nitrogens is 2. The van der Waals surface area contributed by atoms with Crippen LogP contribution in [0.15, 0.2) is 24.3 Å². The minimum atomic E-state index is -4.34. The molecule has 8 heteroatoms. The van der Waals surface area contributed by atoms with Crippen molar-refractivity contribution in [3.63, 3.8) is 0 Å². The van der Waals surface area contributed by atoms with E-state index in [0.29, 0.717) is 17.4 Å². The number of nitrogens with one attached hydrogen (secondary N) is 1. The quantitative estimate of drug-likeness (QED) is 0.793. The van der Waals surface area contributed by atoms with E-state index in [-0.39, 0.29) is 0 Å². The first kappa shape index (κ1) is 20.9. The van der Waals surface area contributed by atoms with Gasteiger partial charge in [-0.3, -0.25) is 0 Å². The lowest BCUT2D eigenvalue weighted by molar-refractivity contribution is -0.137. The van der Waals surface area contributed by atoms with E-state index in [9.17, 15) is 13.2 Å². The molecule has 1 N–H and O–H groups in total. The van der Waals surface area contributed by atoms with Gasteiger partial charge in [-0.2, -0.15) is 18.2 Å². The van der Waals surface area contributed by atoms with Gasteiger partial charge in [-0.1, -0.05) is 6.92 Å². The maximum atomic E-state index is 12.9. The molecule has 0 amide bonds. The van der Waals surface area contributed by atoms with E-state index in [1.54, 1.807) is 0 Å². The molecular formula is C22H28F3N5. The molecule has 2 aliphatic heterocycles. The summed E-state index contributed by atoms with van der Waals surface area (Å²) in [4.78, 5) is 14.3. The predicted octanol–water partition coefficient (Wildman–Crippen LogP) is 4.51. The SMILES string of the molecule is CC1CCCN(c2nc3c(c(Nc4ccc(C(F)(F)F)cc4)n2)CCN(C)CC3)C1. The minimum absolute atomic E-state index is 0.596. The highest BCUT2D eigenvalue weighted by molar-refractivity contribution is 5.62. The van der Waals surface area contributed by atoms with E-state index in [1.165, 1.54) is 18.6 Å². The average Bonchev–Trinajstić information content (AvgIpc) is 2.89. The molecule has 0 radical (unpaired) electrons. The summed E-state index contributed by atoms with van der Waals surface area (Å²) in [6.45, 7) is 5.94. The molecule has 2 aliphatic rings. The van der Waals surface area contributed by atoms with E-state index in [0.717, 1.165) is 74.8 Å². The van der Waals surface area contributed by atoms with Gasteiger partial charge in [0, 0.05) is 43.9 Å². The molecular weight excluding hydrogens is 391 g/mol. The Hall–Kier alpha value is -2.35. The van der Waals surface area contributed by atoms with Gasteiger partial charge in [0.25, 0.3) is 0 Å². The van der Waals surface area contributed by atoms with Crippen molar-refractivity contribution in [2.24, 2.45) is 5.92 Å². The topological polar surface area (TPSA) is 44.3 Å². The molecule has 162 valence electrons. The van der Waals surface area contributed by atoms with Crippen LogP contribution in [0.25, 0.3) is 0 Å². The zero-order valence-corrected chi connectivity index (χ0v) is 17.5. The maximum Gasteiger partial charge on any atom is 0.416 e. The standard InChI is InChI=1S/C22H28F3N5/c1-15-4-3-11-30(14-15)21-27-19-10-13-29(2)12-9-18(19)20(28-21)26-17-7-5-16(6-8-17)22(23,24)25/h5-8,15H,3-4,9-14H2,1-2H3,(H,26,27,28). The van der Waals surface area contributed by atoms with Crippen molar-refractivity contribution >= 4 is 17.5 Å². The fourth-order valence-corrected chi connectivity index (χ4v) is 4.19. The van der Waals surface area contributed by atoms with Crippen LogP contribution in [0.4, 0.5) is 30.6 Å². The molecule has 0 aliphatic carbocycles. The highest BCUT2D eigenvalue weighted by Gasteiger charge is 2.30. The molecule has 1 aromatic carbocycles. The lowest BCUT2D eigenvalue weighted by atomic mass is 10.0. The van der Waals surface area contributed by atoms with Crippen LogP contribution in [0.5, 0.6) is 0 Å². The van der Waals surface area contributed by atoms with Crippen LogP contribution >= 0.6 is 0 Å². The fraction of sp³-hybridized carbons (Fsp3) is 0.545. The van der Waals surface area contributed by atoms with Gasteiger partial charge >= 0.3 is 6.18 Å². The lowest BCUT2D eigenvalue weighted by Gasteiger charge is -2.31. The lowest BCUT2D eigenvalue weighted by Crippen LogP contribution is -2.36. The molecule has 5 nitrogen and oxygen atoms in total. The number of benzene rings is 1. The van der Waals surface area contributed by atoms with E-state index in [2.05, 4.69) is 29.1 Å². The smallest absolute Gasteiger partial charge is 0.340 e. The van der Waals surface area contributed by atoms with Gasteiger partial charge in [-0.15, -0.1) is 0 Å². The van der Waals surface area contributed by atoms with Crippen molar-refractivity contribution in [2.75, 3.05) is 43.4 Å². The largest absolute Gasteiger partial charge is 0.416 e. The third kappa shape index (κ3) is 4.69. The summed E-state index contributed by atoms with van der Waals surface area (Å²) in [5, 5.41) is 3.28. The van der Waals surface area contributed by atoms with Gasteiger partial charge in [0.05, 0.1) is 11.3 Å². The van der Waals surface area contributed by atoms with Gasteiger partial charge < -0.3 is 15.1 Å². The van der Waals surface area contributed by atoms with Crippen molar-refractivity contribution in [3.05, 3.63) is 41.1 Å². The summed E-state index contributed by atoms with van der Waals surface area (Å²) in [6.07, 6.45) is -0.361. The molecule has 1 atom stereocenters.